The number of nitrogen functional groups attached to an aromatic ring is 1. The fraction of sp³-hybridized carbons (Fsp3) is 0.167. The molecule has 0 saturated heterocycles. The molecular weight excluding hydrogens is 251 g/mol. The Morgan fingerprint density at radius 1 is 1.39 bits per heavy atom. The molecular formula is C12H13FN4S. The average molecular weight is 264 g/mol. The van der Waals surface area contributed by atoms with Gasteiger partial charge in [0.05, 0.1) is 6.21 Å². The maximum atomic E-state index is 13.4. The van der Waals surface area contributed by atoms with Crippen molar-refractivity contribution in [1.82, 2.24) is 4.98 Å². The van der Waals surface area contributed by atoms with Crippen LogP contribution < -0.4 is 11.2 Å². The van der Waals surface area contributed by atoms with E-state index in [0.29, 0.717) is 22.1 Å². The van der Waals surface area contributed by atoms with E-state index in [2.05, 4.69) is 15.5 Å². The number of halogens is 1. The summed E-state index contributed by atoms with van der Waals surface area (Å²) in [7, 11) is 0. The molecule has 1 aromatic carbocycles. The molecule has 1 heterocycles. The quantitative estimate of drug-likeness (QED) is 0.661. The van der Waals surface area contributed by atoms with E-state index in [1.165, 1.54) is 11.3 Å². The SMILES string of the molecule is Cc1cc(C=NNc2nc(N)cs2)cc(C)c1F. The van der Waals surface area contributed by atoms with E-state index in [4.69, 9.17) is 5.73 Å². The molecule has 0 bridgehead atoms. The first-order valence-corrected chi connectivity index (χ1v) is 6.21. The summed E-state index contributed by atoms with van der Waals surface area (Å²) < 4.78 is 13.4. The van der Waals surface area contributed by atoms with Crippen LogP contribution in [0.25, 0.3) is 0 Å². The zero-order chi connectivity index (χ0) is 13.1. The van der Waals surface area contributed by atoms with Gasteiger partial charge in [0.15, 0.2) is 0 Å². The van der Waals surface area contributed by atoms with Crippen LogP contribution in [0.4, 0.5) is 15.3 Å². The normalized spacial score (nSPS) is 11.1. The predicted molar refractivity (Wildman–Crippen MR) is 73.6 cm³/mol. The van der Waals surface area contributed by atoms with E-state index in [1.54, 1.807) is 37.6 Å². The number of hydrazone groups is 1. The molecule has 2 aromatic rings. The molecule has 94 valence electrons. The largest absolute Gasteiger partial charge is 0.383 e. The maximum absolute atomic E-state index is 13.4. The van der Waals surface area contributed by atoms with E-state index in [0.717, 1.165) is 5.56 Å². The molecule has 0 aliphatic rings. The van der Waals surface area contributed by atoms with Crippen molar-refractivity contribution in [2.45, 2.75) is 13.8 Å². The Morgan fingerprint density at radius 3 is 2.61 bits per heavy atom. The Morgan fingerprint density at radius 2 is 2.06 bits per heavy atom. The highest BCUT2D eigenvalue weighted by atomic mass is 32.1. The van der Waals surface area contributed by atoms with Crippen LogP contribution in [0.15, 0.2) is 22.6 Å². The molecule has 1 aromatic heterocycles. The Hall–Kier alpha value is -1.95. The van der Waals surface area contributed by atoms with Crippen molar-refractivity contribution in [1.29, 1.82) is 0 Å². The second-order valence-electron chi connectivity index (χ2n) is 3.92. The second kappa shape index (κ2) is 5.14. The molecule has 18 heavy (non-hydrogen) atoms. The van der Waals surface area contributed by atoms with E-state index < -0.39 is 0 Å². The lowest BCUT2D eigenvalue weighted by molar-refractivity contribution is 0.609. The summed E-state index contributed by atoms with van der Waals surface area (Å²) in [6, 6.07) is 3.48. The van der Waals surface area contributed by atoms with Gasteiger partial charge in [0.1, 0.15) is 11.6 Å². The lowest BCUT2D eigenvalue weighted by Gasteiger charge is -2.02. The third kappa shape index (κ3) is 2.84. The highest BCUT2D eigenvalue weighted by molar-refractivity contribution is 7.14. The topological polar surface area (TPSA) is 63.3 Å². The van der Waals surface area contributed by atoms with Crippen LogP contribution in [0.2, 0.25) is 0 Å². The van der Waals surface area contributed by atoms with Crippen molar-refractivity contribution in [3.05, 3.63) is 40.0 Å². The molecule has 3 N–H and O–H groups in total. The van der Waals surface area contributed by atoms with Gasteiger partial charge in [-0.1, -0.05) is 0 Å². The van der Waals surface area contributed by atoms with Crippen LogP contribution in [0.5, 0.6) is 0 Å². The summed E-state index contributed by atoms with van der Waals surface area (Å²) in [5.74, 6) is 0.291. The zero-order valence-electron chi connectivity index (χ0n) is 10.1. The van der Waals surface area contributed by atoms with Gasteiger partial charge in [0.25, 0.3) is 0 Å². The highest BCUT2D eigenvalue weighted by Gasteiger charge is 2.02. The molecule has 0 atom stereocenters. The third-order valence-electron chi connectivity index (χ3n) is 2.35. The van der Waals surface area contributed by atoms with Crippen LogP contribution >= 0.6 is 11.3 Å². The Kier molecular flexibility index (Phi) is 3.57. The number of nitrogens with two attached hydrogens (primary N) is 1. The van der Waals surface area contributed by atoms with Gasteiger partial charge in [-0.05, 0) is 42.7 Å². The van der Waals surface area contributed by atoms with Crippen molar-refractivity contribution in [2.24, 2.45) is 5.10 Å². The van der Waals surface area contributed by atoms with Gasteiger partial charge < -0.3 is 5.73 Å². The van der Waals surface area contributed by atoms with Gasteiger partial charge in [0, 0.05) is 5.38 Å². The zero-order valence-corrected chi connectivity index (χ0v) is 10.9. The molecule has 0 amide bonds. The van der Waals surface area contributed by atoms with E-state index >= 15 is 0 Å². The molecule has 0 unspecified atom stereocenters. The Labute approximate surface area is 108 Å². The van der Waals surface area contributed by atoms with Crippen molar-refractivity contribution < 1.29 is 4.39 Å². The van der Waals surface area contributed by atoms with Crippen molar-refractivity contribution in [3.63, 3.8) is 0 Å². The van der Waals surface area contributed by atoms with E-state index in [9.17, 15) is 4.39 Å². The predicted octanol–water partition coefficient (Wildman–Crippen LogP) is 2.93. The Balaban J connectivity index is 2.09. The maximum Gasteiger partial charge on any atom is 0.205 e. The third-order valence-corrected chi connectivity index (χ3v) is 3.12. The number of benzene rings is 1. The number of nitrogens with one attached hydrogen (secondary N) is 1. The number of nitrogens with zero attached hydrogens (tertiary/aromatic N) is 2. The minimum Gasteiger partial charge on any atom is -0.383 e. The molecule has 4 nitrogen and oxygen atoms in total. The van der Waals surface area contributed by atoms with Gasteiger partial charge in [-0.15, -0.1) is 11.3 Å². The molecule has 0 fully saturated rings. The van der Waals surface area contributed by atoms with Crippen LogP contribution in [0.1, 0.15) is 16.7 Å². The number of hydrogen-bond donors (Lipinski definition) is 2. The minimum absolute atomic E-state index is 0.173. The standard InChI is InChI=1S/C12H13FN4S/c1-7-3-9(4-8(2)11(7)13)5-15-17-12-16-10(14)6-18-12/h3-6H,14H2,1-2H3,(H,16,17). The number of rotatable bonds is 3. The lowest BCUT2D eigenvalue weighted by Crippen LogP contribution is -1.94. The molecule has 0 aliphatic heterocycles. The van der Waals surface area contributed by atoms with Crippen molar-refractivity contribution >= 4 is 28.5 Å². The van der Waals surface area contributed by atoms with Gasteiger partial charge in [-0.3, -0.25) is 5.43 Å². The lowest BCUT2D eigenvalue weighted by atomic mass is 10.1. The molecule has 0 radical (unpaired) electrons. The summed E-state index contributed by atoms with van der Waals surface area (Å²) in [5, 5.41) is 6.38. The summed E-state index contributed by atoms with van der Waals surface area (Å²) in [6.45, 7) is 3.46. The van der Waals surface area contributed by atoms with Crippen LogP contribution in [0, 0.1) is 19.7 Å². The smallest absolute Gasteiger partial charge is 0.205 e. The number of thiazole rings is 1. The number of aromatic nitrogens is 1. The number of hydrogen-bond acceptors (Lipinski definition) is 5. The first-order valence-electron chi connectivity index (χ1n) is 5.33. The molecule has 0 aliphatic carbocycles. The fourth-order valence-corrected chi connectivity index (χ4v) is 2.10. The summed E-state index contributed by atoms with van der Waals surface area (Å²) in [5.41, 5.74) is 10.3. The number of anilines is 2. The monoisotopic (exact) mass is 264 g/mol. The molecule has 0 spiro atoms. The number of aryl methyl sites for hydroxylation is 2. The van der Waals surface area contributed by atoms with Crippen molar-refractivity contribution in [3.8, 4) is 0 Å². The first-order chi connectivity index (χ1) is 8.56. The molecule has 0 saturated carbocycles. The second-order valence-corrected chi connectivity index (χ2v) is 4.77. The van der Waals surface area contributed by atoms with Gasteiger partial charge in [0.2, 0.25) is 5.13 Å². The average Bonchev–Trinajstić information content (AvgIpc) is 2.72. The van der Waals surface area contributed by atoms with Crippen LogP contribution in [-0.4, -0.2) is 11.2 Å². The molecule has 6 heteroatoms. The molecule has 2 rings (SSSR count). The van der Waals surface area contributed by atoms with E-state index in [1.807, 2.05) is 0 Å². The minimum atomic E-state index is -0.173. The van der Waals surface area contributed by atoms with Crippen molar-refractivity contribution in [2.75, 3.05) is 11.2 Å². The van der Waals surface area contributed by atoms with Gasteiger partial charge in [-0.25, -0.2) is 9.37 Å². The Bertz CT molecular complexity index is 569. The summed E-state index contributed by atoms with van der Waals surface area (Å²) in [6.07, 6.45) is 1.62. The fourth-order valence-electron chi connectivity index (χ4n) is 1.55. The van der Waals surface area contributed by atoms with Gasteiger partial charge in [-0.2, -0.15) is 5.10 Å². The summed E-state index contributed by atoms with van der Waals surface area (Å²) >= 11 is 1.37. The van der Waals surface area contributed by atoms with Gasteiger partial charge >= 0.3 is 0 Å². The summed E-state index contributed by atoms with van der Waals surface area (Å²) in [4.78, 5) is 4.00. The van der Waals surface area contributed by atoms with E-state index in [-0.39, 0.29) is 5.82 Å². The first kappa shape index (κ1) is 12.5. The van der Waals surface area contributed by atoms with Crippen LogP contribution in [0.3, 0.4) is 0 Å². The van der Waals surface area contributed by atoms with Crippen LogP contribution in [-0.2, 0) is 0 Å². The highest BCUT2D eigenvalue weighted by Crippen LogP contribution is 2.16.